The number of amides is 3. The number of nitrogens with zero attached hydrogens (tertiary/aromatic N) is 1. The number of carbonyl (C=O) groups excluding carboxylic acids is 4. The minimum Gasteiger partial charge on any atom is -0.455 e. The van der Waals surface area contributed by atoms with E-state index < -0.39 is 18.5 Å². The van der Waals surface area contributed by atoms with Crippen LogP contribution >= 0.6 is 0 Å². The van der Waals surface area contributed by atoms with E-state index in [1.165, 1.54) is 11.8 Å². The minimum absolute atomic E-state index is 0.000185. The fourth-order valence-electron chi connectivity index (χ4n) is 3.31. The fraction of sp³-hybridized carbons (Fsp3) is 0.273. The number of nitrogens with one attached hydrogen (secondary N) is 2. The molecule has 0 bridgehead atoms. The molecule has 0 spiro atoms. The first kappa shape index (κ1) is 21.0. The number of hydrogen-bond donors (Lipinski definition) is 2. The predicted octanol–water partition coefficient (Wildman–Crippen LogP) is 2.49. The van der Waals surface area contributed by atoms with E-state index in [-0.39, 0.29) is 30.7 Å². The average molecular weight is 409 g/mol. The monoisotopic (exact) mass is 409 g/mol. The normalized spacial score (nSPS) is 15.5. The number of rotatable bonds is 5. The summed E-state index contributed by atoms with van der Waals surface area (Å²) in [4.78, 5) is 49.5. The van der Waals surface area contributed by atoms with Crippen molar-refractivity contribution >= 4 is 40.8 Å². The number of ether oxygens (including phenoxy) is 1. The Morgan fingerprint density at radius 1 is 1.13 bits per heavy atom. The molecule has 3 amide bonds. The third-order valence-electron chi connectivity index (χ3n) is 4.61. The number of esters is 1. The molecular weight excluding hydrogens is 386 g/mol. The molecule has 8 nitrogen and oxygen atoms in total. The maximum absolute atomic E-state index is 12.8. The molecule has 0 unspecified atom stereocenters. The number of anilines is 3. The SMILES string of the molecule is CC(=O)Nc1ccc(CC(=O)OCC(=O)N2c3ccccc3NC(=O)C[C@H]2C)cc1. The summed E-state index contributed by atoms with van der Waals surface area (Å²) in [6, 6.07) is 13.4. The van der Waals surface area contributed by atoms with E-state index in [4.69, 9.17) is 4.74 Å². The molecule has 2 N–H and O–H groups in total. The van der Waals surface area contributed by atoms with Gasteiger partial charge in [-0.05, 0) is 36.8 Å². The molecule has 3 rings (SSSR count). The number of para-hydroxylation sites is 2. The molecule has 30 heavy (non-hydrogen) atoms. The zero-order valence-electron chi connectivity index (χ0n) is 16.8. The van der Waals surface area contributed by atoms with E-state index in [0.717, 1.165) is 0 Å². The molecule has 8 heteroatoms. The van der Waals surface area contributed by atoms with Crippen LogP contribution < -0.4 is 15.5 Å². The van der Waals surface area contributed by atoms with Crippen molar-refractivity contribution in [3.8, 4) is 0 Å². The lowest BCUT2D eigenvalue weighted by Crippen LogP contribution is -2.41. The van der Waals surface area contributed by atoms with Gasteiger partial charge in [-0.3, -0.25) is 19.2 Å². The van der Waals surface area contributed by atoms with Gasteiger partial charge in [0.1, 0.15) is 0 Å². The predicted molar refractivity (Wildman–Crippen MR) is 112 cm³/mol. The Bertz CT molecular complexity index is 971. The van der Waals surface area contributed by atoms with Crippen LogP contribution in [0.2, 0.25) is 0 Å². The van der Waals surface area contributed by atoms with Crippen molar-refractivity contribution in [2.75, 3.05) is 22.1 Å². The number of carbonyl (C=O) groups is 4. The summed E-state index contributed by atoms with van der Waals surface area (Å²) in [5.41, 5.74) is 2.45. The Morgan fingerprint density at radius 2 is 1.83 bits per heavy atom. The third kappa shape index (κ3) is 5.22. The zero-order chi connectivity index (χ0) is 21.7. The van der Waals surface area contributed by atoms with Gasteiger partial charge in [0.25, 0.3) is 5.91 Å². The van der Waals surface area contributed by atoms with Crippen LogP contribution in [0.5, 0.6) is 0 Å². The summed E-state index contributed by atoms with van der Waals surface area (Å²) in [7, 11) is 0. The molecular formula is C22H23N3O5. The smallest absolute Gasteiger partial charge is 0.310 e. The van der Waals surface area contributed by atoms with Gasteiger partial charge in [-0.15, -0.1) is 0 Å². The molecule has 0 saturated heterocycles. The molecule has 0 saturated carbocycles. The van der Waals surface area contributed by atoms with Crippen LogP contribution in [-0.4, -0.2) is 36.3 Å². The molecule has 2 aromatic carbocycles. The molecule has 1 atom stereocenters. The molecule has 0 fully saturated rings. The van der Waals surface area contributed by atoms with Gasteiger partial charge in [0, 0.05) is 25.1 Å². The Labute approximate surface area is 174 Å². The van der Waals surface area contributed by atoms with Gasteiger partial charge >= 0.3 is 5.97 Å². The third-order valence-corrected chi connectivity index (χ3v) is 4.61. The Morgan fingerprint density at radius 3 is 2.53 bits per heavy atom. The highest BCUT2D eigenvalue weighted by Crippen LogP contribution is 2.31. The summed E-state index contributed by atoms with van der Waals surface area (Å²) < 4.78 is 5.18. The van der Waals surface area contributed by atoms with E-state index in [0.29, 0.717) is 22.6 Å². The summed E-state index contributed by atoms with van der Waals surface area (Å²) in [6.45, 7) is 2.77. The van der Waals surface area contributed by atoms with Crippen LogP contribution in [-0.2, 0) is 30.3 Å². The lowest BCUT2D eigenvalue weighted by molar-refractivity contribution is -0.147. The molecule has 0 radical (unpaired) electrons. The van der Waals surface area contributed by atoms with Crippen LogP contribution in [0.3, 0.4) is 0 Å². The van der Waals surface area contributed by atoms with Crippen molar-refractivity contribution in [3.05, 3.63) is 54.1 Å². The average Bonchev–Trinajstić information content (AvgIpc) is 2.81. The van der Waals surface area contributed by atoms with Crippen LogP contribution in [0.4, 0.5) is 17.1 Å². The summed E-state index contributed by atoms with van der Waals surface area (Å²) >= 11 is 0. The van der Waals surface area contributed by atoms with Crippen molar-refractivity contribution in [2.24, 2.45) is 0 Å². The van der Waals surface area contributed by atoms with E-state index >= 15 is 0 Å². The maximum Gasteiger partial charge on any atom is 0.310 e. The second-order valence-electron chi connectivity index (χ2n) is 7.10. The summed E-state index contributed by atoms with van der Waals surface area (Å²) in [5, 5.41) is 5.43. The molecule has 1 heterocycles. The second kappa shape index (κ2) is 9.21. The Kier molecular flexibility index (Phi) is 6.46. The summed E-state index contributed by atoms with van der Waals surface area (Å²) in [5.74, 6) is -1.30. The standard InChI is InChI=1S/C22H23N3O5/c1-14-11-20(27)24-18-5-3-4-6-19(18)25(14)21(28)13-30-22(29)12-16-7-9-17(10-8-16)23-15(2)26/h3-10,14H,11-13H2,1-2H3,(H,23,26)(H,24,27)/t14-/m1/s1. The first-order valence-corrected chi connectivity index (χ1v) is 9.56. The van der Waals surface area contributed by atoms with Gasteiger partial charge in [-0.1, -0.05) is 24.3 Å². The van der Waals surface area contributed by atoms with Gasteiger partial charge in [-0.25, -0.2) is 0 Å². The lowest BCUT2D eigenvalue weighted by atomic mass is 10.1. The van der Waals surface area contributed by atoms with E-state index in [1.807, 2.05) is 0 Å². The van der Waals surface area contributed by atoms with Gasteiger partial charge in [0.15, 0.2) is 6.61 Å². The lowest BCUT2D eigenvalue weighted by Gasteiger charge is -2.27. The Hall–Kier alpha value is -3.68. The van der Waals surface area contributed by atoms with Gasteiger partial charge < -0.3 is 20.3 Å². The second-order valence-corrected chi connectivity index (χ2v) is 7.10. The molecule has 0 aliphatic carbocycles. The van der Waals surface area contributed by atoms with Gasteiger partial charge in [0.05, 0.1) is 17.8 Å². The topological polar surface area (TPSA) is 105 Å². The van der Waals surface area contributed by atoms with E-state index in [9.17, 15) is 19.2 Å². The maximum atomic E-state index is 12.8. The fourth-order valence-corrected chi connectivity index (χ4v) is 3.31. The zero-order valence-corrected chi connectivity index (χ0v) is 16.8. The van der Waals surface area contributed by atoms with Crippen molar-refractivity contribution in [1.29, 1.82) is 0 Å². The minimum atomic E-state index is -0.541. The van der Waals surface area contributed by atoms with Crippen molar-refractivity contribution in [1.82, 2.24) is 0 Å². The number of fused-ring (bicyclic) bond motifs is 1. The highest BCUT2D eigenvalue weighted by Gasteiger charge is 2.30. The van der Waals surface area contributed by atoms with Gasteiger partial charge in [-0.2, -0.15) is 0 Å². The molecule has 1 aliphatic heterocycles. The molecule has 0 aromatic heterocycles. The van der Waals surface area contributed by atoms with E-state index in [1.54, 1.807) is 55.5 Å². The summed E-state index contributed by atoms with van der Waals surface area (Å²) in [6.07, 6.45) is 0.148. The Balaban J connectivity index is 1.61. The quantitative estimate of drug-likeness (QED) is 0.739. The first-order valence-electron chi connectivity index (χ1n) is 9.56. The number of hydrogen-bond acceptors (Lipinski definition) is 5. The highest BCUT2D eigenvalue weighted by atomic mass is 16.5. The highest BCUT2D eigenvalue weighted by molar-refractivity contribution is 6.05. The van der Waals surface area contributed by atoms with Gasteiger partial charge in [0.2, 0.25) is 11.8 Å². The van der Waals surface area contributed by atoms with Crippen molar-refractivity contribution < 1.29 is 23.9 Å². The first-order chi connectivity index (χ1) is 14.3. The van der Waals surface area contributed by atoms with Crippen LogP contribution in [0, 0.1) is 0 Å². The molecule has 2 aromatic rings. The van der Waals surface area contributed by atoms with Crippen LogP contribution in [0.25, 0.3) is 0 Å². The van der Waals surface area contributed by atoms with Crippen molar-refractivity contribution in [2.45, 2.75) is 32.7 Å². The molecule has 156 valence electrons. The molecule has 1 aliphatic rings. The largest absolute Gasteiger partial charge is 0.455 e. The van der Waals surface area contributed by atoms with E-state index in [2.05, 4.69) is 10.6 Å². The van der Waals surface area contributed by atoms with Crippen LogP contribution in [0.15, 0.2) is 48.5 Å². The van der Waals surface area contributed by atoms with Crippen molar-refractivity contribution in [3.63, 3.8) is 0 Å². The van der Waals surface area contributed by atoms with Crippen LogP contribution in [0.1, 0.15) is 25.8 Å². The number of benzene rings is 2.